The van der Waals surface area contributed by atoms with Gasteiger partial charge < -0.3 is 15.1 Å². The minimum Gasteiger partial charge on any atom is -0.331 e. The molecule has 2 unspecified atom stereocenters. The van der Waals surface area contributed by atoms with Crippen LogP contribution in [0.15, 0.2) is 0 Å². The Morgan fingerprint density at radius 3 is 2.15 bits per heavy atom. The van der Waals surface area contributed by atoms with Crippen LogP contribution in [-0.2, 0) is 0 Å². The second-order valence-electron chi connectivity index (χ2n) is 3.94. The van der Waals surface area contributed by atoms with E-state index in [-0.39, 0.29) is 6.03 Å². The van der Waals surface area contributed by atoms with E-state index >= 15 is 0 Å². The van der Waals surface area contributed by atoms with E-state index in [4.69, 9.17) is 0 Å². The average Bonchev–Trinajstić information content (AvgIpc) is 2.03. The van der Waals surface area contributed by atoms with E-state index in [0.29, 0.717) is 12.1 Å². The Balaban J connectivity index is 2.68. The van der Waals surface area contributed by atoms with E-state index in [1.165, 1.54) is 0 Å². The number of amides is 2. The molecule has 13 heavy (non-hydrogen) atoms. The lowest BCUT2D eigenvalue weighted by atomic mass is 10.1. The topological polar surface area (TPSA) is 35.6 Å². The van der Waals surface area contributed by atoms with Crippen LogP contribution < -0.4 is 5.32 Å². The highest BCUT2D eigenvalue weighted by atomic mass is 16.2. The standard InChI is InChI=1S/C9H19N3O/c1-7-5-10-6-8(2)12(7)9(13)11(3)4/h7-8,10H,5-6H2,1-4H3. The molecule has 76 valence electrons. The summed E-state index contributed by atoms with van der Waals surface area (Å²) in [6.45, 7) is 5.93. The van der Waals surface area contributed by atoms with Gasteiger partial charge in [-0.25, -0.2) is 4.79 Å². The van der Waals surface area contributed by atoms with Crippen molar-refractivity contribution in [2.24, 2.45) is 0 Å². The van der Waals surface area contributed by atoms with Gasteiger partial charge in [-0.05, 0) is 13.8 Å². The van der Waals surface area contributed by atoms with Gasteiger partial charge in [0.05, 0.1) is 0 Å². The van der Waals surface area contributed by atoms with Crippen LogP contribution in [0.3, 0.4) is 0 Å². The van der Waals surface area contributed by atoms with Crippen molar-refractivity contribution < 1.29 is 4.79 Å². The summed E-state index contributed by atoms with van der Waals surface area (Å²) in [6.07, 6.45) is 0. The van der Waals surface area contributed by atoms with Crippen molar-refractivity contribution in [1.29, 1.82) is 0 Å². The second kappa shape index (κ2) is 3.96. The fourth-order valence-electron chi connectivity index (χ4n) is 1.74. The molecule has 2 atom stereocenters. The number of piperazine rings is 1. The molecule has 1 saturated heterocycles. The van der Waals surface area contributed by atoms with Crippen LogP contribution >= 0.6 is 0 Å². The first-order valence-corrected chi connectivity index (χ1v) is 4.74. The van der Waals surface area contributed by atoms with Gasteiger partial charge in [0, 0.05) is 39.3 Å². The predicted molar refractivity (Wildman–Crippen MR) is 52.7 cm³/mol. The molecule has 0 aromatic rings. The van der Waals surface area contributed by atoms with Crippen molar-refractivity contribution in [3.05, 3.63) is 0 Å². The lowest BCUT2D eigenvalue weighted by Gasteiger charge is -2.40. The third-order valence-electron chi connectivity index (χ3n) is 2.43. The molecule has 0 aliphatic carbocycles. The van der Waals surface area contributed by atoms with Crippen molar-refractivity contribution in [3.8, 4) is 0 Å². The molecule has 1 N–H and O–H groups in total. The molecule has 1 aliphatic rings. The molecule has 0 aromatic carbocycles. The number of rotatable bonds is 0. The second-order valence-corrected chi connectivity index (χ2v) is 3.94. The van der Waals surface area contributed by atoms with E-state index in [0.717, 1.165) is 13.1 Å². The quantitative estimate of drug-likeness (QED) is 0.591. The molecule has 1 aliphatic heterocycles. The molecule has 2 amide bonds. The Morgan fingerprint density at radius 2 is 1.77 bits per heavy atom. The van der Waals surface area contributed by atoms with Crippen LogP contribution in [0.25, 0.3) is 0 Å². The predicted octanol–water partition coefficient (Wildman–Crippen LogP) is 0.350. The largest absolute Gasteiger partial charge is 0.331 e. The van der Waals surface area contributed by atoms with Gasteiger partial charge >= 0.3 is 6.03 Å². The van der Waals surface area contributed by atoms with Crippen molar-refractivity contribution in [2.45, 2.75) is 25.9 Å². The van der Waals surface area contributed by atoms with Gasteiger partial charge in [0.25, 0.3) is 0 Å². The van der Waals surface area contributed by atoms with Crippen molar-refractivity contribution in [3.63, 3.8) is 0 Å². The summed E-state index contributed by atoms with van der Waals surface area (Å²) in [5.41, 5.74) is 0. The van der Waals surface area contributed by atoms with Gasteiger partial charge in [-0.2, -0.15) is 0 Å². The van der Waals surface area contributed by atoms with Gasteiger partial charge in [-0.15, -0.1) is 0 Å². The normalized spacial score (nSPS) is 28.8. The summed E-state index contributed by atoms with van der Waals surface area (Å²) in [7, 11) is 3.59. The summed E-state index contributed by atoms with van der Waals surface area (Å²) in [6, 6.07) is 0.693. The molecule has 0 spiro atoms. The lowest BCUT2D eigenvalue weighted by Crippen LogP contribution is -2.59. The van der Waals surface area contributed by atoms with E-state index < -0.39 is 0 Å². The van der Waals surface area contributed by atoms with Crippen LogP contribution in [0.4, 0.5) is 4.79 Å². The minimum atomic E-state index is 0.113. The number of carbonyl (C=O) groups is 1. The summed E-state index contributed by atoms with van der Waals surface area (Å²) in [5, 5.41) is 3.30. The van der Waals surface area contributed by atoms with Gasteiger partial charge in [-0.1, -0.05) is 0 Å². The van der Waals surface area contributed by atoms with E-state index in [9.17, 15) is 4.79 Å². The average molecular weight is 185 g/mol. The fraction of sp³-hybridized carbons (Fsp3) is 0.889. The molecule has 0 saturated carbocycles. The Labute approximate surface area is 79.9 Å². The van der Waals surface area contributed by atoms with Gasteiger partial charge in [-0.3, -0.25) is 0 Å². The van der Waals surface area contributed by atoms with Crippen LogP contribution in [-0.4, -0.2) is 55.1 Å². The van der Waals surface area contributed by atoms with Crippen molar-refractivity contribution >= 4 is 6.03 Å². The highest BCUT2D eigenvalue weighted by Gasteiger charge is 2.29. The Hall–Kier alpha value is -0.770. The number of urea groups is 1. The molecule has 1 rings (SSSR count). The van der Waals surface area contributed by atoms with Crippen molar-refractivity contribution in [2.75, 3.05) is 27.2 Å². The van der Waals surface area contributed by atoms with Gasteiger partial charge in [0.1, 0.15) is 0 Å². The zero-order chi connectivity index (χ0) is 10.0. The maximum atomic E-state index is 11.7. The first kappa shape index (κ1) is 10.3. The number of carbonyl (C=O) groups excluding carboxylic acids is 1. The molecule has 0 bridgehead atoms. The van der Waals surface area contributed by atoms with Crippen LogP contribution in [0.1, 0.15) is 13.8 Å². The number of hydrogen-bond donors (Lipinski definition) is 1. The van der Waals surface area contributed by atoms with Crippen LogP contribution in [0, 0.1) is 0 Å². The highest BCUT2D eigenvalue weighted by molar-refractivity contribution is 5.74. The Kier molecular flexibility index (Phi) is 3.14. The van der Waals surface area contributed by atoms with E-state index in [1.807, 2.05) is 4.90 Å². The molecule has 4 heteroatoms. The summed E-state index contributed by atoms with van der Waals surface area (Å²) >= 11 is 0. The Bertz CT molecular complexity index is 183. The maximum Gasteiger partial charge on any atom is 0.320 e. The minimum absolute atomic E-state index is 0.113. The third kappa shape index (κ3) is 2.12. The van der Waals surface area contributed by atoms with Crippen LogP contribution in [0.5, 0.6) is 0 Å². The lowest BCUT2D eigenvalue weighted by molar-refractivity contribution is 0.112. The molecular weight excluding hydrogens is 166 g/mol. The first-order chi connectivity index (χ1) is 6.04. The monoisotopic (exact) mass is 185 g/mol. The molecule has 0 aromatic heterocycles. The summed E-state index contributed by atoms with van der Waals surface area (Å²) in [4.78, 5) is 15.3. The van der Waals surface area contributed by atoms with E-state index in [2.05, 4.69) is 19.2 Å². The zero-order valence-electron chi connectivity index (χ0n) is 8.87. The third-order valence-corrected chi connectivity index (χ3v) is 2.43. The summed E-state index contributed by atoms with van der Waals surface area (Å²) < 4.78 is 0. The van der Waals surface area contributed by atoms with Crippen molar-refractivity contribution in [1.82, 2.24) is 15.1 Å². The number of nitrogens with zero attached hydrogens (tertiary/aromatic N) is 2. The molecule has 4 nitrogen and oxygen atoms in total. The highest BCUT2D eigenvalue weighted by Crippen LogP contribution is 2.11. The first-order valence-electron chi connectivity index (χ1n) is 4.74. The number of nitrogens with one attached hydrogen (secondary N) is 1. The molecule has 0 radical (unpaired) electrons. The van der Waals surface area contributed by atoms with Gasteiger partial charge in [0.2, 0.25) is 0 Å². The molecule has 1 heterocycles. The fourth-order valence-corrected chi connectivity index (χ4v) is 1.74. The SMILES string of the molecule is CC1CNCC(C)N1C(=O)N(C)C. The zero-order valence-corrected chi connectivity index (χ0v) is 8.87. The summed E-state index contributed by atoms with van der Waals surface area (Å²) in [5.74, 6) is 0. The molecular formula is C9H19N3O. The van der Waals surface area contributed by atoms with Gasteiger partial charge in [0.15, 0.2) is 0 Å². The number of hydrogen-bond acceptors (Lipinski definition) is 2. The van der Waals surface area contributed by atoms with Crippen LogP contribution in [0.2, 0.25) is 0 Å². The maximum absolute atomic E-state index is 11.7. The molecule has 1 fully saturated rings. The van der Waals surface area contributed by atoms with E-state index in [1.54, 1.807) is 19.0 Å². The smallest absolute Gasteiger partial charge is 0.320 e. The Morgan fingerprint density at radius 1 is 1.31 bits per heavy atom.